The molecule has 180 valence electrons. The number of sulfonamides is 1. The summed E-state index contributed by atoms with van der Waals surface area (Å²) in [6, 6.07) is 11.5. The third-order valence-electron chi connectivity index (χ3n) is 5.11. The maximum Gasteiger partial charge on any atom is 0.414 e. The highest BCUT2D eigenvalue weighted by Gasteiger charge is 2.36. The SMILES string of the molecule is Cc1ccc(S(=O)(=O)N(CCC(C)C)[C@@H](Cc2ccc(OC(=O)N(C)C)cc2)C(=O)O)cc1. The average Bonchev–Trinajstić information content (AvgIpc) is 2.74. The summed E-state index contributed by atoms with van der Waals surface area (Å²) in [6.45, 7) is 5.86. The van der Waals surface area contributed by atoms with Gasteiger partial charge in [-0.2, -0.15) is 4.31 Å². The van der Waals surface area contributed by atoms with E-state index in [1.807, 2.05) is 20.8 Å². The molecule has 1 amide bonds. The number of nitrogens with zero attached hydrogens (tertiary/aromatic N) is 2. The lowest BCUT2D eigenvalue weighted by Crippen LogP contribution is -2.47. The third kappa shape index (κ3) is 7.30. The van der Waals surface area contributed by atoms with E-state index in [4.69, 9.17) is 4.74 Å². The first kappa shape index (κ1) is 26.3. The van der Waals surface area contributed by atoms with Gasteiger partial charge in [-0.25, -0.2) is 13.2 Å². The molecule has 0 heterocycles. The standard InChI is InChI=1S/C24H32N2O6S/c1-17(2)14-15-26(33(30,31)21-12-6-18(3)7-13-21)22(23(27)28)16-19-8-10-20(11-9-19)32-24(29)25(4)5/h6-13,17,22H,14-16H2,1-5H3,(H,27,28)/t22-/m0/s1. The van der Waals surface area contributed by atoms with E-state index in [0.29, 0.717) is 17.7 Å². The molecule has 8 nitrogen and oxygen atoms in total. The van der Waals surface area contributed by atoms with Crippen LogP contribution in [0.3, 0.4) is 0 Å². The Morgan fingerprint density at radius 1 is 1.00 bits per heavy atom. The topological polar surface area (TPSA) is 104 Å². The summed E-state index contributed by atoms with van der Waals surface area (Å²) in [7, 11) is -0.906. The van der Waals surface area contributed by atoms with Crippen molar-refractivity contribution in [2.45, 2.75) is 44.6 Å². The Balaban J connectivity index is 2.35. The molecule has 0 fully saturated rings. The summed E-state index contributed by atoms with van der Waals surface area (Å²) < 4.78 is 33.1. The minimum atomic E-state index is -4.03. The predicted octanol–water partition coefficient (Wildman–Crippen LogP) is 3.79. The number of carboxylic acid groups (broad SMARTS) is 1. The number of aliphatic carboxylic acids is 1. The number of rotatable bonds is 10. The third-order valence-corrected chi connectivity index (χ3v) is 7.03. The van der Waals surface area contributed by atoms with Crippen molar-refractivity contribution < 1.29 is 27.9 Å². The van der Waals surface area contributed by atoms with Crippen molar-refractivity contribution in [2.24, 2.45) is 5.92 Å². The van der Waals surface area contributed by atoms with E-state index in [2.05, 4.69) is 0 Å². The second-order valence-electron chi connectivity index (χ2n) is 8.58. The van der Waals surface area contributed by atoms with Crippen LogP contribution in [0.25, 0.3) is 0 Å². The summed E-state index contributed by atoms with van der Waals surface area (Å²) in [5.41, 5.74) is 1.52. The second kappa shape index (κ2) is 11.3. The van der Waals surface area contributed by atoms with E-state index in [1.54, 1.807) is 50.5 Å². The Bertz CT molecular complexity index is 1050. The maximum absolute atomic E-state index is 13.4. The van der Waals surface area contributed by atoms with Gasteiger partial charge in [0.25, 0.3) is 0 Å². The highest BCUT2D eigenvalue weighted by atomic mass is 32.2. The summed E-state index contributed by atoms with van der Waals surface area (Å²) in [5.74, 6) is -0.716. The number of carboxylic acids is 1. The summed E-state index contributed by atoms with van der Waals surface area (Å²) >= 11 is 0. The molecule has 1 N–H and O–H groups in total. The molecule has 0 unspecified atom stereocenters. The number of ether oxygens (including phenoxy) is 1. The van der Waals surface area contributed by atoms with Gasteiger partial charge in [0.15, 0.2) is 0 Å². The van der Waals surface area contributed by atoms with E-state index in [0.717, 1.165) is 9.87 Å². The molecule has 33 heavy (non-hydrogen) atoms. The van der Waals surface area contributed by atoms with Gasteiger partial charge in [0.2, 0.25) is 10.0 Å². The van der Waals surface area contributed by atoms with Crippen LogP contribution >= 0.6 is 0 Å². The first-order chi connectivity index (χ1) is 15.4. The molecular weight excluding hydrogens is 444 g/mol. The molecule has 0 radical (unpaired) electrons. The van der Waals surface area contributed by atoms with Crippen molar-refractivity contribution >= 4 is 22.1 Å². The van der Waals surface area contributed by atoms with Gasteiger partial charge < -0.3 is 14.7 Å². The number of amides is 1. The van der Waals surface area contributed by atoms with Crippen LogP contribution in [0.2, 0.25) is 0 Å². The molecule has 0 aliphatic rings. The van der Waals surface area contributed by atoms with E-state index in [9.17, 15) is 23.1 Å². The predicted molar refractivity (Wildman–Crippen MR) is 126 cm³/mol. The van der Waals surface area contributed by atoms with Crippen LogP contribution in [0.15, 0.2) is 53.4 Å². The molecule has 0 saturated carbocycles. The number of carbonyl (C=O) groups excluding carboxylic acids is 1. The summed E-state index contributed by atoms with van der Waals surface area (Å²) in [4.78, 5) is 25.3. The van der Waals surface area contributed by atoms with Crippen molar-refractivity contribution in [2.75, 3.05) is 20.6 Å². The van der Waals surface area contributed by atoms with E-state index in [1.165, 1.54) is 17.0 Å². The zero-order chi connectivity index (χ0) is 24.8. The molecule has 2 rings (SSSR count). The molecular formula is C24H32N2O6S. The molecule has 0 spiro atoms. The Hall–Kier alpha value is -2.91. The zero-order valence-electron chi connectivity index (χ0n) is 19.7. The Morgan fingerprint density at radius 2 is 1.58 bits per heavy atom. The number of hydrogen-bond acceptors (Lipinski definition) is 5. The smallest absolute Gasteiger partial charge is 0.414 e. The van der Waals surface area contributed by atoms with Gasteiger partial charge in [-0.05, 0) is 55.5 Å². The van der Waals surface area contributed by atoms with Crippen molar-refractivity contribution in [3.63, 3.8) is 0 Å². The molecule has 0 aliphatic carbocycles. The van der Waals surface area contributed by atoms with Gasteiger partial charge >= 0.3 is 12.1 Å². The van der Waals surface area contributed by atoms with Crippen molar-refractivity contribution in [1.82, 2.24) is 9.21 Å². The van der Waals surface area contributed by atoms with Gasteiger partial charge in [-0.15, -0.1) is 0 Å². The van der Waals surface area contributed by atoms with Crippen LogP contribution in [-0.4, -0.2) is 61.5 Å². The van der Waals surface area contributed by atoms with Crippen LogP contribution in [0.1, 0.15) is 31.4 Å². The second-order valence-corrected chi connectivity index (χ2v) is 10.5. The first-order valence-electron chi connectivity index (χ1n) is 10.7. The molecule has 1 atom stereocenters. The number of aryl methyl sites for hydroxylation is 1. The van der Waals surface area contributed by atoms with E-state index < -0.39 is 28.1 Å². The lowest BCUT2D eigenvalue weighted by atomic mass is 10.0. The van der Waals surface area contributed by atoms with Gasteiger partial charge in [-0.3, -0.25) is 4.79 Å². The van der Waals surface area contributed by atoms with E-state index >= 15 is 0 Å². The monoisotopic (exact) mass is 476 g/mol. The average molecular weight is 477 g/mol. The van der Waals surface area contributed by atoms with E-state index in [-0.39, 0.29) is 23.8 Å². The van der Waals surface area contributed by atoms with Crippen LogP contribution in [0, 0.1) is 12.8 Å². The molecule has 2 aromatic rings. The minimum Gasteiger partial charge on any atom is -0.480 e. The van der Waals surface area contributed by atoms with Crippen LogP contribution in [0.5, 0.6) is 5.75 Å². The molecule has 0 saturated heterocycles. The van der Waals surface area contributed by atoms with Crippen molar-refractivity contribution in [3.8, 4) is 5.75 Å². The van der Waals surface area contributed by atoms with Crippen LogP contribution < -0.4 is 4.74 Å². The fourth-order valence-corrected chi connectivity index (χ4v) is 4.69. The molecule has 0 aliphatic heterocycles. The first-order valence-corrected chi connectivity index (χ1v) is 12.1. The Labute approximate surface area is 195 Å². The number of hydrogen-bond donors (Lipinski definition) is 1. The number of benzene rings is 2. The van der Waals surface area contributed by atoms with Crippen molar-refractivity contribution in [1.29, 1.82) is 0 Å². The van der Waals surface area contributed by atoms with Crippen molar-refractivity contribution in [3.05, 3.63) is 59.7 Å². The fourth-order valence-electron chi connectivity index (χ4n) is 3.10. The molecule has 0 aromatic heterocycles. The quantitative estimate of drug-likeness (QED) is 0.560. The maximum atomic E-state index is 13.4. The fraction of sp³-hybridized carbons (Fsp3) is 0.417. The van der Waals surface area contributed by atoms with Gasteiger partial charge in [0, 0.05) is 20.6 Å². The van der Waals surface area contributed by atoms with Gasteiger partial charge in [-0.1, -0.05) is 43.7 Å². The number of carbonyl (C=O) groups is 2. The molecule has 2 aromatic carbocycles. The Morgan fingerprint density at radius 3 is 2.06 bits per heavy atom. The Kier molecular flexibility index (Phi) is 9.01. The highest BCUT2D eigenvalue weighted by molar-refractivity contribution is 7.89. The largest absolute Gasteiger partial charge is 0.480 e. The normalized spacial score (nSPS) is 12.6. The lowest BCUT2D eigenvalue weighted by Gasteiger charge is -2.29. The van der Waals surface area contributed by atoms with Gasteiger partial charge in [0.05, 0.1) is 4.90 Å². The summed E-state index contributed by atoms with van der Waals surface area (Å²) in [6.07, 6.45) is -0.0374. The highest BCUT2D eigenvalue weighted by Crippen LogP contribution is 2.24. The van der Waals surface area contributed by atoms with Gasteiger partial charge in [0.1, 0.15) is 11.8 Å². The molecule has 9 heteroatoms. The minimum absolute atomic E-state index is 0.0274. The van der Waals surface area contributed by atoms with Crippen LogP contribution in [0.4, 0.5) is 4.79 Å². The summed E-state index contributed by atoms with van der Waals surface area (Å²) in [5, 5.41) is 9.98. The lowest BCUT2D eigenvalue weighted by molar-refractivity contribution is -0.141. The molecule has 0 bridgehead atoms. The van der Waals surface area contributed by atoms with Crippen LogP contribution in [-0.2, 0) is 21.2 Å². The zero-order valence-corrected chi connectivity index (χ0v) is 20.5.